The fourth-order valence-electron chi connectivity index (χ4n) is 1.23. The van der Waals surface area contributed by atoms with Gasteiger partial charge < -0.3 is 9.84 Å². The highest BCUT2D eigenvalue weighted by Gasteiger charge is 2.39. The molecule has 3 heteroatoms. The van der Waals surface area contributed by atoms with E-state index in [0.29, 0.717) is 0 Å². The molecular weight excluding hydrogens is 176 g/mol. The lowest BCUT2D eigenvalue weighted by molar-refractivity contribution is 0.242. The molecule has 1 fully saturated rings. The smallest absolute Gasteiger partial charge is 0.112 e. The average molecular weight is 185 g/mol. The summed E-state index contributed by atoms with van der Waals surface area (Å²) >= 11 is 5.72. The summed E-state index contributed by atoms with van der Waals surface area (Å²) in [5.41, 5.74) is 1.08. The van der Waals surface area contributed by atoms with E-state index in [2.05, 4.69) is 0 Å². The van der Waals surface area contributed by atoms with E-state index in [0.717, 1.165) is 10.6 Å². The van der Waals surface area contributed by atoms with Crippen molar-refractivity contribution in [3.05, 3.63) is 34.9 Å². The fourth-order valence-corrected chi connectivity index (χ4v) is 1.35. The Morgan fingerprint density at radius 1 is 1.33 bits per heavy atom. The molecular formula is C9H9ClO2. The molecule has 1 N–H and O–H groups in total. The summed E-state index contributed by atoms with van der Waals surface area (Å²) in [4.78, 5) is 0. The van der Waals surface area contributed by atoms with E-state index >= 15 is 0 Å². The lowest BCUT2D eigenvalue weighted by Gasteiger charge is -1.94. The first-order chi connectivity index (χ1) is 5.81. The van der Waals surface area contributed by atoms with Crippen molar-refractivity contribution in [3.63, 3.8) is 0 Å². The van der Waals surface area contributed by atoms with Crippen LogP contribution in [0.1, 0.15) is 11.7 Å². The number of halogens is 1. The summed E-state index contributed by atoms with van der Waals surface area (Å²) < 4.78 is 5.20. The van der Waals surface area contributed by atoms with Crippen molar-refractivity contribution in [2.24, 2.45) is 0 Å². The van der Waals surface area contributed by atoms with Gasteiger partial charge in [0, 0.05) is 5.02 Å². The molecule has 0 aromatic heterocycles. The van der Waals surface area contributed by atoms with Gasteiger partial charge in [-0.25, -0.2) is 0 Å². The van der Waals surface area contributed by atoms with Crippen LogP contribution in [0.3, 0.4) is 0 Å². The third kappa shape index (κ3) is 1.46. The van der Waals surface area contributed by atoms with E-state index in [1.165, 1.54) is 0 Å². The lowest BCUT2D eigenvalue weighted by atomic mass is 10.1. The zero-order valence-corrected chi connectivity index (χ0v) is 7.16. The van der Waals surface area contributed by atoms with Crippen LogP contribution in [0.15, 0.2) is 24.3 Å². The second-order valence-corrected chi connectivity index (χ2v) is 3.27. The van der Waals surface area contributed by atoms with Crippen LogP contribution in [-0.2, 0) is 4.74 Å². The molecule has 1 heterocycles. The first-order valence-corrected chi connectivity index (χ1v) is 4.21. The lowest BCUT2D eigenvalue weighted by Crippen LogP contribution is -1.93. The maximum Gasteiger partial charge on any atom is 0.112 e. The number of epoxide rings is 1. The van der Waals surface area contributed by atoms with E-state index in [4.69, 9.17) is 21.4 Å². The highest BCUT2D eigenvalue weighted by molar-refractivity contribution is 6.30. The normalized spacial score (nSPS) is 27.2. The van der Waals surface area contributed by atoms with Gasteiger partial charge in [0.25, 0.3) is 0 Å². The Bertz CT molecular complexity index is 270. The van der Waals surface area contributed by atoms with Crippen molar-refractivity contribution < 1.29 is 9.84 Å². The first-order valence-electron chi connectivity index (χ1n) is 3.83. The standard InChI is InChI=1S/C9H9ClO2/c10-7-3-1-6(2-4-7)9-8(5-11)12-9/h1-4,8-9,11H,5H2/t8-,9-/m0/s1. The minimum Gasteiger partial charge on any atom is -0.394 e. The second kappa shape index (κ2) is 3.05. The Hall–Kier alpha value is -0.570. The SMILES string of the molecule is OC[C@@H]1O[C@H]1c1ccc(Cl)cc1. The molecule has 12 heavy (non-hydrogen) atoms. The van der Waals surface area contributed by atoms with Gasteiger partial charge >= 0.3 is 0 Å². The van der Waals surface area contributed by atoms with Crippen LogP contribution in [0.5, 0.6) is 0 Å². The van der Waals surface area contributed by atoms with E-state index in [1.54, 1.807) is 0 Å². The van der Waals surface area contributed by atoms with Crippen molar-refractivity contribution in [1.29, 1.82) is 0 Å². The molecule has 1 aliphatic rings. The van der Waals surface area contributed by atoms with Gasteiger partial charge in [-0.05, 0) is 17.7 Å². The summed E-state index contributed by atoms with van der Waals surface area (Å²) in [6.07, 6.45) is 0.0680. The first kappa shape index (κ1) is 8.05. The molecule has 0 saturated carbocycles. The molecule has 2 atom stereocenters. The molecule has 1 aliphatic heterocycles. The molecule has 0 spiro atoms. The van der Waals surface area contributed by atoms with Crippen LogP contribution < -0.4 is 0 Å². The Labute approximate surface area is 75.7 Å². The summed E-state index contributed by atoms with van der Waals surface area (Å²) in [7, 11) is 0. The minimum absolute atomic E-state index is 0.00817. The summed E-state index contributed by atoms with van der Waals surface area (Å²) in [5, 5.41) is 9.46. The molecule has 0 amide bonds. The van der Waals surface area contributed by atoms with E-state index in [-0.39, 0.29) is 18.8 Å². The van der Waals surface area contributed by atoms with Crippen LogP contribution in [0.4, 0.5) is 0 Å². The highest BCUT2D eigenvalue weighted by atomic mass is 35.5. The third-order valence-corrected chi connectivity index (χ3v) is 2.21. The second-order valence-electron chi connectivity index (χ2n) is 2.83. The highest BCUT2D eigenvalue weighted by Crippen LogP contribution is 2.38. The summed E-state index contributed by atoms with van der Waals surface area (Å²) in [6.45, 7) is 0.0906. The average Bonchev–Trinajstić information content (AvgIpc) is 2.85. The number of hydrogen-bond donors (Lipinski definition) is 1. The van der Waals surface area contributed by atoms with Gasteiger partial charge in [-0.15, -0.1) is 0 Å². The molecule has 0 bridgehead atoms. The largest absolute Gasteiger partial charge is 0.394 e. The topological polar surface area (TPSA) is 32.8 Å². The van der Waals surface area contributed by atoms with Crippen LogP contribution >= 0.6 is 11.6 Å². The van der Waals surface area contributed by atoms with Crippen molar-refractivity contribution in [2.75, 3.05) is 6.61 Å². The molecule has 1 aromatic rings. The van der Waals surface area contributed by atoms with Gasteiger partial charge in [-0.3, -0.25) is 0 Å². The Kier molecular flexibility index (Phi) is 2.05. The van der Waals surface area contributed by atoms with Crippen molar-refractivity contribution >= 4 is 11.6 Å². The van der Waals surface area contributed by atoms with Gasteiger partial charge in [0.1, 0.15) is 12.2 Å². The molecule has 0 unspecified atom stereocenters. The number of benzene rings is 1. The van der Waals surface area contributed by atoms with E-state index < -0.39 is 0 Å². The summed E-state index contributed by atoms with van der Waals surface area (Å²) in [5.74, 6) is 0. The quantitative estimate of drug-likeness (QED) is 0.711. The molecule has 2 nitrogen and oxygen atoms in total. The van der Waals surface area contributed by atoms with Gasteiger partial charge in [0.2, 0.25) is 0 Å². The van der Waals surface area contributed by atoms with E-state index in [1.807, 2.05) is 24.3 Å². The van der Waals surface area contributed by atoms with Crippen LogP contribution in [0.25, 0.3) is 0 Å². The van der Waals surface area contributed by atoms with Crippen LogP contribution in [0, 0.1) is 0 Å². The van der Waals surface area contributed by atoms with Gasteiger partial charge in [-0.2, -0.15) is 0 Å². The summed E-state index contributed by atoms with van der Waals surface area (Å²) in [6, 6.07) is 7.49. The monoisotopic (exact) mass is 184 g/mol. The minimum atomic E-state index is -0.00817. The predicted molar refractivity (Wildman–Crippen MR) is 46.2 cm³/mol. The van der Waals surface area contributed by atoms with Crippen molar-refractivity contribution in [3.8, 4) is 0 Å². The number of aliphatic hydroxyl groups is 1. The maximum absolute atomic E-state index is 8.74. The Morgan fingerprint density at radius 3 is 2.50 bits per heavy atom. The maximum atomic E-state index is 8.74. The molecule has 0 radical (unpaired) electrons. The Balaban J connectivity index is 2.10. The zero-order valence-electron chi connectivity index (χ0n) is 6.40. The van der Waals surface area contributed by atoms with Gasteiger partial charge in [-0.1, -0.05) is 23.7 Å². The number of ether oxygens (including phenoxy) is 1. The third-order valence-electron chi connectivity index (χ3n) is 1.96. The van der Waals surface area contributed by atoms with Crippen LogP contribution in [0.2, 0.25) is 5.02 Å². The van der Waals surface area contributed by atoms with Crippen molar-refractivity contribution in [1.82, 2.24) is 0 Å². The van der Waals surface area contributed by atoms with E-state index in [9.17, 15) is 0 Å². The fraction of sp³-hybridized carbons (Fsp3) is 0.333. The number of aliphatic hydroxyl groups excluding tert-OH is 1. The van der Waals surface area contributed by atoms with Crippen LogP contribution in [-0.4, -0.2) is 17.8 Å². The Morgan fingerprint density at radius 2 is 2.00 bits per heavy atom. The molecule has 0 aliphatic carbocycles. The molecule has 2 rings (SSSR count). The zero-order chi connectivity index (χ0) is 8.55. The predicted octanol–water partition coefficient (Wildman–Crippen LogP) is 1.77. The van der Waals surface area contributed by atoms with Crippen molar-refractivity contribution in [2.45, 2.75) is 12.2 Å². The molecule has 64 valence electrons. The number of hydrogen-bond acceptors (Lipinski definition) is 2. The van der Waals surface area contributed by atoms with Gasteiger partial charge in [0.05, 0.1) is 6.61 Å². The molecule has 1 aromatic carbocycles. The molecule has 1 saturated heterocycles. The van der Waals surface area contributed by atoms with Gasteiger partial charge in [0.15, 0.2) is 0 Å². The number of rotatable bonds is 2.